The second kappa shape index (κ2) is 5.97. The van der Waals surface area contributed by atoms with Gasteiger partial charge in [0.2, 0.25) is 0 Å². The fraction of sp³-hybridized carbons (Fsp3) is 0.533. The Morgan fingerprint density at radius 3 is 2.89 bits per heavy atom. The molecule has 0 spiro atoms. The number of nitrogens with two attached hydrogens (primary N) is 1. The van der Waals surface area contributed by atoms with Crippen LogP contribution < -0.4 is 5.73 Å². The highest BCUT2D eigenvalue weighted by atomic mass is 32.1. The average Bonchev–Trinajstić information content (AvgIpc) is 2.79. The summed E-state index contributed by atoms with van der Waals surface area (Å²) < 4.78 is 13.6. The van der Waals surface area contributed by atoms with Crippen LogP contribution in [0.25, 0.3) is 0 Å². The minimum Gasteiger partial charge on any atom is -0.389 e. The monoisotopic (exact) mass is 280 g/mol. The molecule has 2 rings (SSSR count). The molecule has 1 aromatic rings. The number of thiocarbonyl (C=S) groups is 1. The van der Waals surface area contributed by atoms with E-state index in [0.717, 1.165) is 18.7 Å². The average molecular weight is 280 g/mol. The first-order valence-corrected chi connectivity index (χ1v) is 7.22. The highest BCUT2D eigenvalue weighted by Gasteiger charge is 2.26. The van der Waals surface area contributed by atoms with Crippen LogP contribution in [0.2, 0.25) is 0 Å². The molecule has 0 radical (unpaired) electrons. The molecule has 0 saturated carbocycles. The molecule has 0 aliphatic carbocycles. The zero-order valence-corrected chi connectivity index (χ0v) is 12.3. The van der Waals surface area contributed by atoms with E-state index in [1.165, 1.54) is 18.9 Å². The normalized spacial score (nSPS) is 20.1. The molecular formula is C15H21FN2S. The van der Waals surface area contributed by atoms with Crippen LogP contribution in [0.1, 0.15) is 37.8 Å². The van der Waals surface area contributed by atoms with E-state index in [1.54, 1.807) is 6.07 Å². The summed E-state index contributed by atoms with van der Waals surface area (Å²) in [6, 6.07) is 5.70. The van der Waals surface area contributed by atoms with Gasteiger partial charge in [-0.3, -0.25) is 4.90 Å². The van der Waals surface area contributed by atoms with Crippen molar-refractivity contribution in [1.82, 2.24) is 4.90 Å². The maximum Gasteiger partial charge on any atom is 0.133 e. The third kappa shape index (κ3) is 3.31. The van der Waals surface area contributed by atoms with Gasteiger partial charge >= 0.3 is 0 Å². The molecule has 1 unspecified atom stereocenters. The summed E-state index contributed by atoms with van der Waals surface area (Å²) in [6.45, 7) is 6.48. The number of hydrogen-bond donors (Lipinski definition) is 1. The van der Waals surface area contributed by atoms with Gasteiger partial charge in [0.1, 0.15) is 10.8 Å². The molecule has 1 aliphatic rings. The first-order valence-electron chi connectivity index (χ1n) is 6.81. The lowest BCUT2D eigenvalue weighted by Crippen LogP contribution is -2.32. The third-order valence-electron chi connectivity index (χ3n) is 3.87. The van der Waals surface area contributed by atoms with Crippen LogP contribution >= 0.6 is 12.2 Å². The van der Waals surface area contributed by atoms with E-state index in [-0.39, 0.29) is 10.8 Å². The van der Waals surface area contributed by atoms with Crippen molar-refractivity contribution in [2.75, 3.05) is 6.54 Å². The molecular weight excluding hydrogens is 259 g/mol. The fourth-order valence-corrected chi connectivity index (χ4v) is 3.05. The summed E-state index contributed by atoms with van der Waals surface area (Å²) in [4.78, 5) is 2.60. The lowest BCUT2D eigenvalue weighted by Gasteiger charge is -2.27. The molecule has 1 heterocycles. The molecule has 2 N–H and O–H groups in total. The van der Waals surface area contributed by atoms with Crippen molar-refractivity contribution in [2.45, 2.75) is 39.3 Å². The van der Waals surface area contributed by atoms with Crippen molar-refractivity contribution < 1.29 is 4.39 Å². The molecule has 104 valence electrons. The second-order valence-corrected chi connectivity index (χ2v) is 6.04. The smallest absolute Gasteiger partial charge is 0.133 e. The quantitative estimate of drug-likeness (QED) is 0.859. The number of halogens is 1. The molecule has 0 aromatic heterocycles. The Balaban J connectivity index is 2.15. The summed E-state index contributed by atoms with van der Waals surface area (Å²) in [6.07, 6.45) is 2.49. The van der Waals surface area contributed by atoms with Crippen molar-refractivity contribution in [2.24, 2.45) is 11.7 Å². The van der Waals surface area contributed by atoms with Gasteiger partial charge in [0.05, 0.1) is 0 Å². The van der Waals surface area contributed by atoms with E-state index in [1.807, 2.05) is 6.07 Å². The lowest BCUT2D eigenvalue weighted by atomic mass is 10.0. The van der Waals surface area contributed by atoms with Gasteiger partial charge in [-0.25, -0.2) is 4.39 Å². The van der Waals surface area contributed by atoms with Crippen LogP contribution in [0, 0.1) is 11.7 Å². The summed E-state index contributed by atoms with van der Waals surface area (Å²) in [5, 5.41) is 0. The fourth-order valence-electron chi connectivity index (χ4n) is 2.90. The van der Waals surface area contributed by atoms with E-state index in [9.17, 15) is 4.39 Å². The molecule has 1 aliphatic heterocycles. The maximum absolute atomic E-state index is 13.6. The molecule has 2 nitrogen and oxygen atoms in total. The van der Waals surface area contributed by atoms with Gasteiger partial charge in [0.25, 0.3) is 0 Å². The number of likely N-dealkylation sites (tertiary alicyclic amines) is 1. The molecule has 0 amide bonds. The molecule has 0 bridgehead atoms. The predicted octanol–water partition coefficient (Wildman–Crippen LogP) is 3.08. The minimum atomic E-state index is -0.335. The zero-order chi connectivity index (χ0) is 14.0. The Labute approximate surface area is 119 Å². The van der Waals surface area contributed by atoms with Crippen LogP contribution in [0.15, 0.2) is 18.2 Å². The van der Waals surface area contributed by atoms with Gasteiger partial charge in [-0.2, -0.15) is 0 Å². The largest absolute Gasteiger partial charge is 0.389 e. The first-order chi connectivity index (χ1) is 8.99. The van der Waals surface area contributed by atoms with Gasteiger partial charge in [-0.15, -0.1) is 0 Å². The van der Waals surface area contributed by atoms with E-state index in [0.29, 0.717) is 17.5 Å². The van der Waals surface area contributed by atoms with Crippen molar-refractivity contribution in [3.8, 4) is 0 Å². The Hall–Kier alpha value is -1.00. The molecule has 1 saturated heterocycles. The van der Waals surface area contributed by atoms with E-state index in [4.69, 9.17) is 18.0 Å². The van der Waals surface area contributed by atoms with Crippen molar-refractivity contribution >= 4 is 17.2 Å². The van der Waals surface area contributed by atoms with Crippen LogP contribution in [-0.2, 0) is 6.54 Å². The Morgan fingerprint density at radius 1 is 1.53 bits per heavy atom. The van der Waals surface area contributed by atoms with Gasteiger partial charge in [-0.1, -0.05) is 32.1 Å². The summed E-state index contributed by atoms with van der Waals surface area (Å²) >= 11 is 4.88. The van der Waals surface area contributed by atoms with Gasteiger partial charge in [0, 0.05) is 18.2 Å². The molecule has 1 fully saturated rings. The minimum absolute atomic E-state index is 0.126. The van der Waals surface area contributed by atoms with Crippen LogP contribution in [0.5, 0.6) is 0 Å². The second-order valence-electron chi connectivity index (χ2n) is 5.60. The highest BCUT2D eigenvalue weighted by Crippen LogP contribution is 2.26. The summed E-state index contributed by atoms with van der Waals surface area (Å²) in [5.74, 6) is 0.316. The molecule has 1 aromatic carbocycles. The topological polar surface area (TPSA) is 29.3 Å². The van der Waals surface area contributed by atoms with Crippen LogP contribution in [0.3, 0.4) is 0 Å². The van der Waals surface area contributed by atoms with Crippen LogP contribution in [0.4, 0.5) is 4.39 Å². The standard InChI is InChI=1S/C15H21FN2S/c1-10(2)14-4-3-7-18(14)9-11-5-6-13(16)12(8-11)15(17)19/h5-6,8,10,14H,3-4,7,9H2,1-2H3,(H2,17,19). The Morgan fingerprint density at radius 2 is 2.26 bits per heavy atom. The lowest BCUT2D eigenvalue weighted by molar-refractivity contribution is 0.199. The van der Waals surface area contributed by atoms with E-state index < -0.39 is 0 Å². The summed E-state index contributed by atoms with van der Waals surface area (Å²) in [7, 11) is 0. The first kappa shape index (κ1) is 14.4. The van der Waals surface area contributed by atoms with E-state index >= 15 is 0 Å². The SMILES string of the molecule is CC(C)C1CCCN1Cc1ccc(F)c(C(N)=S)c1. The maximum atomic E-state index is 13.6. The Bertz CT molecular complexity index is 473. The van der Waals surface area contributed by atoms with Crippen molar-refractivity contribution in [3.05, 3.63) is 35.1 Å². The van der Waals surface area contributed by atoms with Crippen LogP contribution in [-0.4, -0.2) is 22.5 Å². The highest BCUT2D eigenvalue weighted by molar-refractivity contribution is 7.80. The van der Waals surface area contributed by atoms with Gasteiger partial charge in [0.15, 0.2) is 0 Å². The van der Waals surface area contributed by atoms with Crippen molar-refractivity contribution in [1.29, 1.82) is 0 Å². The number of nitrogens with zero attached hydrogens (tertiary/aromatic N) is 1. The number of benzene rings is 1. The summed E-state index contributed by atoms with van der Waals surface area (Å²) in [5.41, 5.74) is 6.98. The Kier molecular flexibility index (Phi) is 4.53. The molecule has 19 heavy (non-hydrogen) atoms. The van der Waals surface area contributed by atoms with Gasteiger partial charge < -0.3 is 5.73 Å². The number of rotatable bonds is 4. The van der Waals surface area contributed by atoms with Gasteiger partial charge in [-0.05, 0) is 43.0 Å². The van der Waals surface area contributed by atoms with Crippen molar-refractivity contribution in [3.63, 3.8) is 0 Å². The van der Waals surface area contributed by atoms with E-state index in [2.05, 4.69) is 18.7 Å². The molecule has 4 heteroatoms. The third-order valence-corrected chi connectivity index (χ3v) is 4.09. The predicted molar refractivity (Wildman–Crippen MR) is 80.6 cm³/mol. The molecule has 1 atom stereocenters. The number of hydrogen-bond acceptors (Lipinski definition) is 2. The zero-order valence-electron chi connectivity index (χ0n) is 11.5.